The number of nitrogens with one attached hydrogen (secondary N) is 1. The van der Waals surface area contributed by atoms with E-state index in [4.69, 9.17) is 0 Å². The van der Waals surface area contributed by atoms with E-state index in [2.05, 4.69) is 10.1 Å². The van der Waals surface area contributed by atoms with Crippen molar-refractivity contribution >= 4 is 0 Å². The van der Waals surface area contributed by atoms with Gasteiger partial charge in [-0.25, -0.2) is 22.0 Å². The molecule has 0 radical (unpaired) electrons. The Morgan fingerprint density at radius 1 is 0.941 bits per heavy atom. The minimum absolute atomic E-state index is 0.227. The lowest BCUT2D eigenvalue weighted by Gasteiger charge is -2.17. The lowest BCUT2D eigenvalue weighted by Crippen LogP contribution is -2.25. The van der Waals surface area contributed by atoms with Gasteiger partial charge in [-0.2, -0.15) is 0 Å². The van der Waals surface area contributed by atoms with Crippen molar-refractivity contribution in [3.8, 4) is 0 Å². The molecular weight excluding hydrogens is 245 g/mol. The van der Waals surface area contributed by atoms with Crippen LogP contribution in [0.5, 0.6) is 0 Å². The fraction of sp³-hybridized carbons (Fsp3) is 0.400. The standard InChI is InChI=1S/C10H10F5NO/c1-16-4(3-17-2)5-6(11)8(13)10(15)9(14)7(5)12/h4,16H,3H2,1-2H3. The average molecular weight is 255 g/mol. The number of rotatable bonds is 4. The summed E-state index contributed by atoms with van der Waals surface area (Å²) in [5.41, 5.74) is -0.925. The summed E-state index contributed by atoms with van der Waals surface area (Å²) < 4.78 is 69.9. The Labute approximate surface area is 94.4 Å². The quantitative estimate of drug-likeness (QED) is 0.506. The Balaban J connectivity index is 3.41. The van der Waals surface area contributed by atoms with E-state index in [1.165, 1.54) is 14.2 Å². The number of ether oxygens (including phenoxy) is 1. The van der Waals surface area contributed by atoms with Gasteiger partial charge < -0.3 is 10.1 Å². The van der Waals surface area contributed by atoms with E-state index in [0.29, 0.717) is 0 Å². The lowest BCUT2D eigenvalue weighted by atomic mass is 10.1. The minimum atomic E-state index is -2.17. The molecule has 17 heavy (non-hydrogen) atoms. The summed E-state index contributed by atoms with van der Waals surface area (Å²) in [6.07, 6.45) is 0. The van der Waals surface area contributed by atoms with Gasteiger partial charge in [0.1, 0.15) is 0 Å². The molecule has 0 saturated heterocycles. The van der Waals surface area contributed by atoms with Gasteiger partial charge in [0.25, 0.3) is 0 Å². The second-order valence-electron chi connectivity index (χ2n) is 3.28. The van der Waals surface area contributed by atoms with Crippen LogP contribution in [0.25, 0.3) is 0 Å². The monoisotopic (exact) mass is 255 g/mol. The normalized spacial score (nSPS) is 12.9. The van der Waals surface area contributed by atoms with Gasteiger partial charge in [-0.15, -0.1) is 0 Å². The van der Waals surface area contributed by atoms with Crippen LogP contribution in [0.2, 0.25) is 0 Å². The molecule has 1 aromatic carbocycles. The maximum absolute atomic E-state index is 13.3. The molecule has 0 fully saturated rings. The highest BCUT2D eigenvalue weighted by molar-refractivity contribution is 5.27. The van der Waals surface area contributed by atoms with Crippen molar-refractivity contribution < 1.29 is 26.7 Å². The summed E-state index contributed by atoms with van der Waals surface area (Å²) in [5, 5.41) is 2.41. The van der Waals surface area contributed by atoms with Gasteiger partial charge in [-0.3, -0.25) is 0 Å². The van der Waals surface area contributed by atoms with E-state index in [-0.39, 0.29) is 6.61 Å². The molecule has 0 spiro atoms. The van der Waals surface area contributed by atoms with Crippen LogP contribution < -0.4 is 5.32 Å². The second-order valence-corrected chi connectivity index (χ2v) is 3.28. The average Bonchev–Trinajstić information content (AvgIpc) is 2.33. The molecule has 0 aliphatic rings. The summed E-state index contributed by atoms with van der Waals surface area (Å²) in [7, 11) is 2.57. The molecule has 0 aliphatic carbocycles. The van der Waals surface area contributed by atoms with E-state index in [0.717, 1.165) is 0 Å². The molecular formula is C10H10F5NO. The van der Waals surface area contributed by atoms with Crippen molar-refractivity contribution in [3.63, 3.8) is 0 Å². The lowest BCUT2D eigenvalue weighted by molar-refractivity contribution is 0.165. The Kier molecular flexibility index (Phi) is 4.41. The van der Waals surface area contributed by atoms with E-state index >= 15 is 0 Å². The summed E-state index contributed by atoms with van der Waals surface area (Å²) in [5.74, 6) is -9.79. The molecule has 1 unspecified atom stereocenters. The molecule has 0 aromatic heterocycles. The molecule has 0 bridgehead atoms. The van der Waals surface area contributed by atoms with Crippen LogP contribution in [0, 0.1) is 29.1 Å². The van der Waals surface area contributed by atoms with Crippen molar-refractivity contribution in [1.29, 1.82) is 0 Å². The molecule has 0 saturated carbocycles. The smallest absolute Gasteiger partial charge is 0.200 e. The van der Waals surface area contributed by atoms with Crippen LogP contribution >= 0.6 is 0 Å². The SMILES string of the molecule is CNC(COC)c1c(F)c(F)c(F)c(F)c1F. The van der Waals surface area contributed by atoms with Gasteiger partial charge in [0, 0.05) is 12.7 Å². The van der Waals surface area contributed by atoms with E-state index in [9.17, 15) is 22.0 Å². The highest BCUT2D eigenvalue weighted by Gasteiger charge is 2.29. The second kappa shape index (κ2) is 5.42. The third-order valence-corrected chi connectivity index (χ3v) is 2.27. The van der Waals surface area contributed by atoms with Crippen molar-refractivity contribution in [2.45, 2.75) is 6.04 Å². The first-order chi connectivity index (χ1) is 7.95. The number of methoxy groups -OCH3 is 1. The summed E-state index contributed by atoms with van der Waals surface area (Å²) in [6.45, 7) is -0.227. The zero-order valence-corrected chi connectivity index (χ0v) is 9.08. The van der Waals surface area contributed by atoms with Crippen LogP contribution in [-0.2, 0) is 4.74 Å². The van der Waals surface area contributed by atoms with Crippen molar-refractivity contribution in [1.82, 2.24) is 5.32 Å². The zero-order valence-electron chi connectivity index (χ0n) is 9.08. The van der Waals surface area contributed by atoms with Crippen LogP contribution in [-0.4, -0.2) is 20.8 Å². The van der Waals surface area contributed by atoms with Crippen molar-refractivity contribution in [2.24, 2.45) is 0 Å². The van der Waals surface area contributed by atoms with Crippen molar-refractivity contribution in [3.05, 3.63) is 34.6 Å². The number of likely N-dealkylation sites (N-methyl/N-ethyl adjacent to an activating group) is 1. The molecule has 0 amide bonds. The molecule has 0 heterocycles. The minimum Gasteiger partial charge on any atom is -0.383 e. The maximum atomic E-state index is 13.3. The first-order valence-corrected chi connectivity index (χ1v) is 4.63. The molecule has 0 aliphatic heterocycles. The van der Waals surface area contributed by atoms with Gasteiger partial charge in [0.2, 0.25) is 5.82 Å². The molecule has 1 aromatic rings. The Hall–Kier alpha value is -1.21. The Morgan fingerprint density at radius 2 is 1.35 bits per heavy atom. The van der Waals surface area contributed by atoms with Gasteiger partial charge in [0.05, 0.1) is 12.6 Å². The van der Waals surface area contributed by atoms with E-state index in [1.807, 2.05) is 0 Å². The highest BCUT2D eigenvalue weighted by atomic mass is 19.2. The third kappa shape index (κ3) is 2.39. The Bertz CT molecular complexity index is 395. The van der Waals surface area contributed by atoms with Crippen LogP contribution in [0.1, 0.15) is 11.6 Å². The summed E-state index contributed by atoms with van der Waals surface area (Å²) >= 11 is 0. The fourth-order valence-corrected chi connectivity index (χ4v) is 1.41. The van der Waals surface area contributed by atoms with Gasteiger partial charge in [-0.05, 0) is 7.05 Å². The van der Waals surface area contributed by atoms with Gasteiger partial charge >= 0.3 is 0 Å². The topological polar surface area (TPSA) is 21.3 Å². The number of benzene rings is 1. The first kappa shape index (κ1) is 13.9. The first-order valence-electron chi connectivity index (χ1n) is 4.63. The number of halogens is 5. The molecule has 96 valence electrons. The molecule has 1 rings (SSSR count). The van der Waals surface area contributed by atoms with Crippen LogP contribution in [0.3, 0.4) is 0 Å². The van der Waals surface area contributed by atoms with Crippen LogP contribution in [0.15, 0.2) is 0 Å². The number of hydrogen-bond donors (Lipinski definition) is 1. The molecule has 2 nitrogen and oxygen atoms in total. The fourth-order valence-electron chi connectivity index (χ4n) is 1.41. The van der Waals surface area contributed by atoms with Gasteiger partial charge in [-0.1, -0.05) is 0 Å². The summed E-state index contributed by atoms with van der Waals surface area (Å²) in [6, 6.07) is -1.12. The molecule has 7 heteroatoms. The van der Waals surface area contributed by atoms with Gasteiger partial charge in [0.15, 0.2) is 23.3 Å². The third-order valence-electron chi connectivity index (χ3n) is 2.27. The van der Waals surface area contributed by atoms with Crippen molar-refractivity contribution in [2.75, 3.05) is 20.8 Å². The zero-order chi connectivity index (χ0) is 13.2. The largest absolute Gasteiger partial charge is 0.383 e. The van der Waals surface area contributed by atoms with E-state index in [1.54, 1.807) is 0 Å². The predicted octanol–water partition coefficient (Wildman–Crippen LogP) is 2.29. The Morgan fingerprint density at radius 3 is 1.71 bits per heavy atom. The number of hydrogen-bond acceptors (Lipinski definition) is 2. The van der Waals surface area contributed by atoms with E-state index < -0.39 is 40.7 Å². The highest BCUT2D eigenvalue weighted by Crippen LogP contribution is 2.27. The van der Waals surface area contributed by atoms with Crippen LogP contribution in [0.4, 0.5) is 22.0 Å². The summed E-state index contributed by atoms with van der Waals surface area (Å²) in [4.78, 5) is 0. The predicted molar refractivity (Wildman–Crippen MR) is 49.9 cm³/mol. The maximum Gasteiger partial charge on any atom is 0.200 e. The molecule has 1 N–H and O–H groups in total. The molecule has 1 atom stereocenters.